The van der Waals surface area contributed by atoms with E-state index < -0.39 is 0 Å². The van der Waals surface area contributed by atoms with E-state index in [1.54, 1.807) is 24.2 Å². The number of benzene rings is 2. The third-order valence-electron chi connectivity index (χ3n) is 3.57. The number of pyridine rings is 1. The van der Waals surface area contributed by atoms with Crippen LogP contribution in [0.25, 0.3) is 0 Å². The van der Waals surface area contributed by atoms with E-state index in [0.29, 0.717) is 6.54 Å². The van der Waals surface area contributed by atoms with Gasteiger partial charge in [0.05, 0.1) is 6.54 Å². The van der Waals surface area contributed by atoms with E-state index in [-0.39, 0.29) is 5.91 Å². The summed E-state index contributed by atoms with van der Waals surface area (Å²) in [5, 5.41) is 0. The van der Waals surface area contributed by atoms with Gasteiger partial charge >= 0.3 is 0 Å². The molecule has 3 rings (SSSR count). The quantitative estimate of drug-likeness (QED) is 0.699. The molecule has 0 aliphatic rings. The van der Waals surface area contributed by atoms with Gasteiger partial charge in [-0.15, -0.1) is 0 Å². The molecular formula is C20H18N2O2. The zero-order chi connectivity index (χ0) is 16.8. The van der Waals surface area contributed by atoms with Crippen LogP contribution in [0.3, 0.4) is 0 Å². The molecule has 0 saturated heterocycles. The number of aromatic nitrogens is 1. The summed E-state index contributed by atoms with van der Waals surface area (Å²) >= 11 is 0. The predicted octanol–water partition coefficient (Wildman–Crippen LogP) is 4.43. The fourth-order valence-electron chi connectivity index (χ4n) is 2.38. The van der Waals surface area contributed by atoms with Gasteiger partial charge in [0.2, 0.25) is 5.91 Å². The lowest BCUT2D eigenvalue weighted by atomic mass is 10.2. The second kappa shape index (κ2) is 7.42. The molecule has 0 bridgehead atoms. The minimum atomic E-state index is -0.0180. The van der Waals surface area contributed by atoms with Gasteiger partial charge in [-0.05, 0) is 48.0 Å². The van der Waals surface area contributed by atoms with Crippen molar-refractivity contribution in [1.82, 2.24) is 4.98 Å². The number of hydrogen-bond acceptors (Lipinski definition) is 3. The normalized spacial score (nSPS) is 10.2. The molecule has 120 valence electrons. The van der Waals surface area contributed by atoms with E-state index in [1.807, 2.05) is 66.7 Å². The molecule has 2 aromatic carbocycles. The number of carbonyl (C=O) groups excluding carboxylic acids is 1. The lowest BCUT2D eigenvalue weighted by Gasteiger charge is -2.21. The van der Waals surface area contributed by atoms with Crippen molar-refractivity contribution in [2.45, 2.75) is 13.5 Å². The van der Waals surface area contributed by atoms with E-state index in [0.717, 1.165) is 22.7 Å². The highest BCUT2D eigenvalue weighted by Crippen LogP contribution is 2.25. The third kappa shape index (κ3) is 3.98. The van der Waals surface area contributed by atoms with Gasteiger partial charge in [0.15, 0.2) is 0 Å². The maximum Gasteiger partial charge on any atom is 0.224 e. The number of para-hydroxylation sites is 1. The lowest BCUT2D eigenvalue weighted by Crippen LogP contribution is -2.27. The first-order chi connectivity index (χ1) is 11.7. The number of carbonyl (C=O) groups is 1. The minimum Gasteiger partial charge on any atom is -0.457 e. The molecule has 0 atom stereocenters. The van der Waals surface area contributed by atoms with E-state index in [1.165, 1.54) is 0 Å². The monoisotopic (exact) mass is 318 g/mol. The van der Waals surface area contributed by atoms with Gasteiger partial charge in [-0.3, -0.25) is 9.78 Å². The van der Waals surface area contributed by atoms with Crippen LogP contribution in [0.5, 0.6) is 11.5 Å². The maximum atomic E-state index is 12.0. The SMILES string of the molecule is CC(=O)N(Cc1cccnc1)c1ccc(Oc2ccccc2)cc1. The number of nitrogens with zero attached hydrogens (tertiary/aromatic N) is 2. The highest BCUT2D eigenvalue weighted by molar-refractivity contribution is 5.91. The largest absolute Gasteiger partial charge is 0.457 e. The molecule has 1 heterocycles. The van der Waals surface area contributed by atoms with Crippen molar-refractivity contribution >= 4 is 11.6 Å². The Balaban J connectivity index is 1.75. The summed E-state index contributed by atoms with van der Waals surface area (Å²) < 4.78 is 5.78. The fourth-order valence-corrected chi connectivity index (χ4v) is 2.38. The Morgan fingerprint density at radius 3 is 2.29 bits per heavy atom. The average Bonchev–Trinajstić information content (AvgIpc) is 2.62. The Labute approximate surface area is 141 Å². The molecule has 0 radical (unpaired) electrons. The summed E-state index contributed by atoms with van der Waals surface area (Å²) in [4.78, 5) is 17.8. The molecule has 1 amide bonds. The van der Waals surface area contributed by atoms with Crippen LogP contribution in [-0.4, -0.2) is 10.9 Å². The molecule has 4 nitrogen and oxygen atoms in total. The van der Waals surface area contributed by atoms with Gasteiger partial charge in [0.25, 0.3) is 0 Å². The van der Waals surface area contributed by atoms with Crippen LogP contribution in [0.1, 0.15) is 12.5 Å². The van der Waals surface area contributed by atoms with Crippen molar-refractivity contribution in [3.8, 4) is 11.5 Å². The second-order valence-electron chi connectivity index (χ2n) is 5.38. The summed E-state index contributed by atoms with van der Waals surface area (Å²) in [5.74, 6) is 1.49. The summed E-state index contributed by atoms with van der Waals surface area (Å²) in [6.07, 6.45) is 3.49. The Morgan fingerprint density at radius 1 is 0.958 bits per heavy atom. The Hall–Kier alpha value is -3.14. The smallest absolute Gasteiger partial charge is 0.224 e. The van der Waals surface area contributed by atoms with E-state index >= 15 is 0 Å². The van der Waals surface area contributed by atoms with E-state index in [2.05, 4.69) is 4.98 Å². The first kappa shape index (κ1) is 15.7. The van der Waals surface area contributed by atoms with Gasteiger partial charge in [0.1, 0.15) is 11.5 Å². The standard InChI is InChI=1S/C20H18N2O2/c1-16(23)22(15-17-6-5-13-21-14-17)18-9-11-20(12-10-18)24-19-7-3-2-4-8-19/h2-14H,15H2,1H3. The van der Waals surface area contributed by atoms with Gasteiger partial charge in [-0.1, -0.05) is 24.3 Å². The number of rotatable bonds is 5. The van der Waals surface area contributed by atoms with E-state index in [9.17, 15) is 4.79 Å². The van der Waals surface area contributed by atoms with Crippen LogP contribution in [0.2, 0.25) is 0 Å². The molecule has 0 aliphatic heterocycles. The Kier molecular flexibility index (Phi) is 4.87. The van der Waals surface area contributed by atoms with Gasteiger partial charge in [-0.2, -0.15) is 0 Å². The number of anilines is 1. The minimum absolute atomic E-state index is 0.0180. The summed E-state index contributed by atoms with van der Waals surface area (Å²) in [7, 11) is 0. The molecule has 0 saturated carbocycles. The van der Waals surface area contributed by atoms with Crippen LogP contribution in [0.4, 0.5) is 5.69 Å². The zero-order valence-corrected chi connectivity index (χ0v) is 13.4. The molecule has 3 aromatic rings. The van der Waals surface area contributed by atoms with Crippen molar-refractivity contribution in [1.29, 1.82) is 0 Å². The predicted molar refractivity (Wildman–Crippen MR) is 94.1 cm³/mol. The van der Waals surface area contributed by atoms with E-state index in [4.69, 9.17) is 4.74 Å². The average molecular weight is 318 g/mol. The first-order valence-corrected chi connectivity index (χ1v) is 7.72. The molecule has 0 spiro atoms. The Bertz CT molecular complexity index is 787. The number of ether oxygens (including phenoxy) is 1. The van der Waals surface area contributed by atoms with Gasteiger partial charge < -0.3 is 9.64 Å². The van der Waals surface area contributed by atoms with Gasteiger partial charge in [0, 0.05) is 25.0 Å². The van der Waals surface area contributed by atoms with Crippen molar-refractivity contribution in [2.24, 2.45) is 0 Å². The van der Waals surface area contributed by atoms with Crippen LogP contribution >= 0.6 is 0 Å². The molecule has 0 unspecified atom stereocenters. The number of hydrogen-bond donors (Lipinski definition) is 0. The van der Waals surface area contributed by atoms with Crippen molar-refractivity contribution in [2.75, 3.05) is 4.90 Å². The summed E-state index contributed by atoms with van der Waals surface area (Å²) in [6.45, 7) is 2.05. The lowest BCUT2D eigenvalue weighted by molar-refractivity contribution is -0.116. The topological polar surface area (TPSA) is 42.4 Å². The maximum absolute atomic E-state index is 12.0. The molecule has 0 N–H and O–H groups in total. The fraction of sp³-hybridized carbons (Fsp3) is 0.100. The van der Waals surface area contributed by atoms with Gasteiger partial charge in [-0.25, -0.2) is 0 Å². The van der Waals surface area contributed by atoms with Crippen LogP contribution in [0.15, 0.2) is 79.1 Å². The molecule has 0 aliphatic carbocycles. The van der Waals surface area contributed by atoms with Crippen LogP contribution in [-0.2, 0) is 11.3 Å². The zero-order valence-electron chi connectivity index (χ0n) is 13.4. The second-order valence-corrected chi connectivity index (χ2v) is 5.38. The number of amides is 1. The molecule has 4 heteroatoms. The highest BCUT2D eigenvalue weighted by Gasteiger charge is 2.12. The third-order valence-corrected chi connectivity index (χ3v) is 3.57. The summed E-state index contributed by atoms with van der Waals surface area (Å²) in [6, 6.07) is 20.9. The molecule has 1 aromatic heterocycles. The first-order valence-electron chi connectivity index (χ1n) is 7.72. The van der Waals surface area contributed by atoms with Crippen molar-refractivity contribution in [3.63, 3.8) is 0 Å². The molecule has 24 heavy (non-hydrogen) atoms. The summed E-state index contributed by atoms with van der Waals surface area (Å²) in [5.41, 5.74) is 1.81. The van der Waals surface area contributed by atoms with Crippen LogP contribution < -0.4 is 9.64 Å². The Morgan fingerprint density at radius 2 is 1.67 bits per heavy atom. The van der Waals surface area contributed by atoms with Crippen molar-refractivity contribution in [3.05, 3.63) is 84.7 Å². The molecular weight excluding hydrogens is 300 g/mol. The van der Waals surface area contributed by atoms with Crippen LogP contribution in [0, 0.1) is 0 Å². The molecule has 0 fully saturated rings. The highest BCUT2D eigenvalue weighted by atomic mass is 16.5. The van der Waals surface area contributed by atoms with Crippen molar-refractivity contribution < 1.29 is 9.53 Å².